The molecule has 0 saturated carbocycles. The lowest BCUT2D eigenvalue weighted by molar-refractivity contribution is -0.0366. The molecule has 154 valence electrons. The third kappa shape index (κ3) is 3.80. The maximum Gasteiger partial charge on any atom is 0.150 e. The molecule has 1 saturated heterocycles. The Kier molecular flexibility index (Phi) is 4.96. The predicted octanol–water partition coefficient (Wildman–Crippen LogP) is 4.89. The van der Waals surface area contributed by atoms with E-state index in [2.05, 4.69) is 28.7 Å². The van der Waals surface area contributed by atoms with E-state index in [1.54, 1.807) is 6.08 Å². The van der Waals surface area contributed by atoms with Crippen molar-refractivity contribution in [1.82, 2.24) is 20.2 Å². The van der Waals surface area contributed by atoms with E-state index in [-0.39, 0.29) is 6.23 Å². The van der Waals surface area contributed by atoms with Gasteiger partial charge in [0.2, 0.25) is 0 Å². The summed E-state index contributed by atoms with van der Waals surface area (Å²) in [6.45, 7) is 1.37. The molecule has 1 atom stereocenters. The highest BCUT2D eigenvalue weighted by Crippen LogP contribution is 2.27. The van der Waals surface area contributed by atoms with Gasteiger partial charge in [-0.25, -0.2) is 13.5 Å². The standard InChI is InChI=1S/C23H22F2N4O/c24-19-11-17(12-20(25)13-19)21-4-3-8-28(27-21)15-16-6-7-22-18(10-16)14-26-29(22)23-5-1-2-9-30-23/h3-4,6-8,10-14,23,27H,1-2,5,9,15H2. The van der Waals surface area contributed by atoms with Crippen molar-refractivity contribution in [1.29, 1.82) is 0 Å². The monoisotopic (exact) mass is 408 g/mol. The van der Waals surface area contributed by atoms with Gasteiger partial charge in [0.1, 0.15) is 11.6 Å². The van der Waals surface area contributed by atoms with Gasteiger partial charge in [-0.2, -0.15) is 5.10 Å². The SMILES string of the molecule is Fc1cc(F)cc(C2=CC=CN(Cc3ccc4c(cnn4C4CCCCO4)c3)N2)c1. The van der Waals surface area contributed by atoms with Crippen LogP contribution >= 0.6 is 0 Å². The van der Waals surface area contributed by atoms with E-state index in [0.717, 1.165) is 48.4 Å². The number of aromatic nitrogens is 2. The first kappa shape index (κ1) is 18.8. The molecule has 1 aromatic heterocycles. The van der Waals surface area contributed by atoms with Gasteiger partial charge in [-0.05, 0) is 61.2 Å². The smallest absolute Gasteiger partial charge is 0.150 e. The van der Waals surface area contributed by atoms with Crippen molar-refractivity contribution in [3.8, 4) is 0 Å². The molecule has 2 aromatic carbocycles. The summed E-state index contributed by atoms with van der Waals surface area (Å²) in [4.78, 5) is 0. The van der Waals surface area contributed by atoms with Gasteiger partial charge in [0.15, 0.2) is 6.23 Å². The molecule has 3 heterocycles. The van der Waals surface area contributed by atoms with Gasteiger partial charge < -0.3 is 4.74 Å². The summed E-state index contributed by atoms with van der Waals surface area (Å²) in [5.41, 5.74) is 6.47. The van der Waals surface area contributed by atoms with E-state index in [9.17, 15) is 8.78 Å². The molecule has 1 unspecified atom stereocenters. The van der Waals surface area contributed by atoms with E-state index in [4.69, 9.17) is 4.74 Å². The molecule has 5 rings (SSSR count). The van der Waals surface area contributed by atoms with Gasteiger partial charge in [0, 0.05) is 29.8 Å². The molecule has 7 heteroatoms. The number of hydrazine groups is 1. The van der Waals surface area contributed by atoms with Gasteiger partial charge >= 0.3 is 0 Å². The Morgan fingerprint density at radius 3 is 2.77 bits per heavy atom. The van der Waals surface area contributed by atoms with Crippen LogP contribution in [-0.4, -0.2) is 21.4 Å². The van der Waals surface area contributed by atoms with Crippen LogP contribution in [0.4, 0.5) is 8.78 Å². The number of nitrogens with zero attached hydrogens (tertiary/aromatic N) is 3. The van der Waals surface area contributed by atoms with Crippen molar-refractivity contribution in [3.63, 3.8) is 0 Å². The van der Waals surface area contributed by atoms with E-state index in [1.165, 1.54) is 12.1 Å². The number of benzene rings is 2. The lowest BCUT2D eigenvalue weighted by Gasteiger charge is -2.27. The second kappa shape index (κ2) is 7.91. The number of fused-ring (bicyclic) bond motifs is 1. The van der Waals surface area contributed by atoms with E-state index < -0.39 is 11.6 Å². The van der Waals surface area contributed by atoms with E-state index in [0.29, 0.717) is 17.8 Å². The summed E-state index contributed by atoms with van der Waals surface area (Å²) < 4.78 is 35.0. The van der Waals surface area contributed by atoms with Gasteiger partial charge in [0.05, 0.1) is 24.0 Å². The Bertz CT molecular complexity index is 1110. The molecule has 1 fully saturated rings. The highest BCUT2D eigenvalue weighted by atomic mass is 19.1. The second-order valence-electron chi connectivity index (χ2n) is 7.62. The zero-order valence-corrected chi connectivity index (χ0v) is 16.4. The van der Waals surface area contributed by atoms with Crippen LogP contribution < -0.4 is 5.43 Å². The molecular weight excluding hydrogens is 386 g/mol. The average molecular weight is 408 g/mol. The highest BCUT2D eigenvalue weighted by molar-refractivity contribution is 5.79. The first-order valence-electron chi connectivity index (χ1n) is 10.1. The van der Waals surface area contributed by atoms with Crippen molar-refractivity contribution in [2.75, 3.05) is 6.61 Å². The molecular formula is C23H22F2N4O. The Balaban J connectivity index is 1.32. The third-order valence-corrected chi connectivity index (χ3v) is 5.41. The van der Waals surface area contributed by atoms with Gasteiger partial charge in [-0.3, -0.25) is 10.4 Å². The van der Waals surface area contributed by atoms with Crippen LogP contribution in [0.2, 0.25) is 0 Å². The molecule has 0 amide bonds. The number of halogens is 2. The van der Waals surface area contributed by atoms with Crippen LogP contribution in [0.3, 0.4) is 0 Å². The Labute approximate surface area is 173 Å². The molecule has 30 heavy (non-hydrogen) atoms. The Hall–Kier alpha value is -3.19. The molecule has 1 N–H and O–H groups in total. The fourth-order valence-corrected chi connectivity index (χ4v) is 3.98. The lowest BCUT2D eigenvalue weighted by Crippen LogP contribution is -2.33. The summed E-state index contributed by atoms with van der Waals surface area (Å²) in [6, 6.07) is 9.74. The van der Waals surface area contributed by atoms with Crippen LogP contribution in [0.15, 0.2) is 60.9 Å². The zero-order chi connectivity index (χ0) is 20.5. The van der Waals surface area contributed by atoms with Crippen LogP contribution in [0.5, 0.6) is 0 Å². The highest BCUT2D eigenvalue weighted by Gasteiger charge is 2.19. The second-order valence-corrected chi connectivity index (χ2v) is 7.62. The number of ether oxygens (including phenoxy) is 1. The summed E-state index contributed by atoms with van der Waals surface area (Å²) in [7, 11) is 0. The minimum atomic E-state index is -0.599. The molecule has 0 aliphatic carbocycles. The van der Waals surface area contributed by atoms with Crippen LogP contribution in [0, 0.1) is 11.6 Å². The van der Waals surface area contributed by atoms with Crippen LogP contribution in [0.25, 0.3) is 16.6 Å². The first-order chi connectivity index (χ1) is 14.7. The van der Waals surface area contributed by atoms with Crippen molar-refractivity contribution in [2.24, 2.45) is 0 Å². The van der Waals surface area contributed by atoms with Crippen LogP contribution in [-0.2, 0) is 11.3 Å². The van der Waals surface area contributed by atoms with Crippen molar-refractivity contribution in [2.45, 2.75) is 32.0 Å². The maximum atomic E-state index is 13.6. The largest absolute Gasteiger partial charge is 0.356 e. The van der Waals surface area contributed by atoms with E-state index in [1.807, 2.05) is 28.2 Å². The van der Waals surface area contributed by atoms with Gasteiger partial charge in [-0.1, -0.05) is 6.07 Å². The first-order valence-corrected chi connectivity index (χ1v) is 10.1. The third-order valence-electron chi connectivity index (χ3n) is 5.41. The average Bonchev–Trinajstić information content (AvgIpc) is 3.17. The topological polar surface area (TPSA) is 42.3 Å². The molecule has 2 aliphatic heterocycles. The molecule has 0 spiro atoms. The summed E-state index contributed by atoms with van der Waals surface area (Å²) >= 11 is 0. The predicted molar refractivity (Wildman–Crippen MR) is 111 cm³/mol. The number of allylic oxidation sites excluding steroid dienone is 2. The molecule has 0 bridgehead atoms. The normalized spacial score (nSPS) is 19.1. The lowest BCUT2D eigenvalue weighted by atomic mass is 10.1. The fourth-order valence-electron chi connectivity index (χ4n) is 3.98. The minimum Gasteiger partial charge on any atom is -0.356 e. The molecule has 0 radical (unpaired) electrons. The number of hydrogen-bond donors (Lipinski definition) is 1. The number of hydrogen-bond acceptors (Lipinski definition) is 4. The summed E-state index contributed by atoms with van der Waals surface area (Å²) in [6.07, 6.45) is 10.7. The number of nitrogens with one attached hydrogen (secondary N) is 1. The van der Waals surface area contributed by atoms with Crippen LogP contribution in [0.1, 0.15) is 36.6 Å². The Morgan fingerprint density at radius 2 is 1.97 bits per heavy atom. The fraction of sp³-hybridized carbons (Fsp3) is 0.261. The quantitative estimate of drug-likeness (QED) is 0.668. The van der Waals surface area contributed by atoms with Gasteiger partial charge in [0.25, 0.3) is 0 Å². The number of rotatable bonds is 4. The molecule has 3 aromatic rings. The summed E-state index contributed by atoms with van der Waals surface area (Å²) in [5.74, 6) is -1.20. The van der Waals surface area contributed by atoms with Crippen molar-refractivity contribution in [3.05, 3.63) is 83.7 Å². The van der Waals surface area contributed by atoms with E-state index >= 15 is 0 Å². The maximum absolute atomic E-state index is 13.6. The summed E-state index contributed by atoms with van der Waals surface area (Å²) in [5, 5.41) is 7.49. The minimum absolute atomic E-state index is 0.00755. The van der Waals surface area contributed by atoms with Crippen molar-refractivity contribution < 1.29 is 13.5 Å². The van der Waals surface area contributed by atoms with Crippen molar-refractivity contribution >= 4 is 16.6 Å². The molecule has 2 aliphatic rings. The zero-order valence-electron chi connectivity index (χ0n) is 16.4. The Morgan fingerprint density at radius 1 is 1.10 bits per heavy atom. The molecule has 5 nitrogen and oxygen atoms in total. The van der Waals surface area contributed by atoms with Gasteiger partial charge in [-0.15, -0.1) is 0 Å².